The number of ether oxygens (including phenoxy) is 2. The molecule has 0 fully saturated rings. The third-order valence-electron chi connectivity index (χ3n) is 6.71. The molecule has 3 aromatic rings. The van der Waals surface area contributed by atoms with Gasteiger partial charge in [0.1, 0.15) is 5.75 Å². The molecule has 1 aromatic heterocycles. The smallest absolute Gasteiger partial charge is 0.338 e. The van der Waals surface area contributed by atoms with Crippen molar-refractivity contribution in [2.45, 2.75) is 19.4 Å². The van der Waals surface area contributed by atoms with Gasteiger partial charge in [-0.05, 0) is 42.7 Å². The Morgan fingerprint density at radius 2 is 1.94 bits per heavy atom. The van der Waals surface area contributed by atoms with Crippen LogP contribution in [0.3, 0.4) is 0 Å². The van der Waals surface area contributed by atoms with Crippen molar-refractivity contribution in [2.24, 2.45) is 0 Å². The Morgan fingerprint density at radius 3 is 2.67 bits per heavy atom. The summed E-state index contributed by atoms with van der Waals surface area (Å²) in [5.41, 5.74) is 5.43. The van der Waals surface area contributed by atoms with Crippen LogP contribution in [0.25, 0.3) is 16.5 Å². The minimum Gasteiger partial charge on any atom is -0.497 e. The molecule has 5 rings (SSSR count). The van der Waals surface area contributed by atoms with Gasteiger partial charge in [-0.2, -0.15) is 0 Å². The number of para-hydroxylation sites is 1. The average Bonchev–Trinajstić information content (AvgIpc) is 3.33. The van der Waals surface area contributed by atoms with E-state index in [4.69, 9.17) is 9.47 Å². The molecule has 2 aliphatic rings. The molecule has 36 heavy (non-hydrogen) atoms. The maximum absolute atomic E-state index is 13.1. The first-order valence-corrected chi connectivity index (χ1v) is 12.2. The number of carbonyl (C=O) groups is 2. The lowest BCUT2D eigenvalue weighted by Gasteiger charge is -2.33. The summed E-state index contributed by atoms with van der Waals surface area (Å²) in [4.78, 5) is 31.3. The Bertz CT molecular complexity index is 1340. The zero-order valence-electron chi connectivity index (χ0n) is 20.5. The van der Waals surface area contributed by atoms with Gasteiger partial charge in [0.2, 0.25) is 0 Å². The van der Waals surface area contributed by atoms with E-state index in [-0.39, 0.29) is 12.6 Å². The van der Waals surface area contributed by atoms with Crippen LogP contribution in [0.15, 0.2) is 72.1 Å². The number of aromatic amines is 1. The van der Waals surface area contributed by atoms with Gasteiger partial charge in [0, 0.05) is 48.0 Å². The number of amides is 2. The third-order valence-corrected chi connectivity index (χ3v) is 6.71. The van der Waals surface area contributed by atoms with Crippen LogP contribution in [0.1, 0.15) is 30.5 Å². The Balaban J connectivity index is 1.41. The highest BCUT2D eigenvalue weighted by molar-refractivity contribution is 5.95. The van der Waals surface area contributed by atoms with Crippen molar-refractivity contribution in [1.82, 2.24) is 20.5 Å². The van der Waals surface area contributed by atoms with Gasteiger partial charge in [0.25, 0.3) is 0 Å². The number of rotatable bonds is 7. The fourth-order valence-electron chi connectivity index (χ4n) is 4.90. The van der Waals surface area contributed by atoms with Gasteiger partial charge >= 0.3 is 12.0 Å². The minimum absolute atomic E-state index is 0.249. The monoisotopic (exact) mass is 486 g/mol. The van der Waals surface area contributed by atoms with E-state index < -0.39 is 12.0 Å². The lowest BCUT2D eigenvalue weighted by atomic mass is 9.94. The van der Waals surface area contributed by atoms with Gasteiger partial charge in [-0.15, -0.1) is 0 Å². The number of urea groups is 1. The van der Waals surface area contributed by atoms with E-state index in [2.05, 4.69) is 51.0 Å². The molecule has 186 valence electrons. The topological polar surface area (TPSA) is 95.7 Å². The van der Waals surface area contributed by atoms with E-state index in [1.165, 1.54) is 16.5 Å². The molecule has 0 spiro atoms. The number of carbonyl (C=O) groups excluding carboxylic acids is 2. The number of nitrogens with zero attached hydrogens (tertiary/aromatic N) is 1. The number of H-pyrrole nitrogens is 1. The molecular weight excluding hydrogens is 456 g/mol. The van der Waals surface area contributed by atoms with Crippen LogP contribution >= 0.6 is 0 Å². The molecule has 0 unspecified atom stereocenters. The van der Waals surface area contributed by atoms with Gasteiger partial charge < -0.3 is 25.1 Å². The van der Waals surface area contributed by atoms with Crippen LogP contribution in [-0.2, 0) is 9.53 Å². The first-order valence-electron chi connectivity index (χ1n) is 12.2. The molecule has 0 bridgehead atoms. The maximum atomic E-state index is 13.1. The largest absolute Gasteiger partial charge is 0.497 e. The summed E-state index contributed by atoms with van der Waals surface area (Å²) in [6, 6.07) is 14.7. The van der Waals surface area contributed by atoms with E-state index >= 15 is 0 Å². The summed E-state index contributed by atoms with van der Waals surface area (Å²) in [5, 5.41) is 6.98. The molecule has 2 amide bonds. The highest BCUT2D eigenvalue weighted by Crippen LogP contribution is 2.32. The molecular formula is C28H30N4O4. The third kappa shape index (κ3) is 4.72. The Kier molecular flexibility index (Phi) is 6.77. The minimum atomic E-state index is -0.610. The summed E-state index contributed by atoms with van der Waals surface area (Å²) in [7, 11) is 1.60. The van der Waals surface area contributed by atoms with Crippen molar-refractivity contribution in [1.29, 1.82) is 0 Å². The van der Waals surface area contributed by atoms with E-state index in [0.29, 0.717) is 30.1 Å². The highest BCUT2D eigenvalue weighted by Gasteiger charge is 2.34. The predicted octanol–water partition coefficient (Wildman–Crippen LogP) is 4.14. The SMILES string of the molecule is CCOC(=O)C1=C(CN2CC=C(c3c[nH]c4ccccc34)CC2)NC(=O)N[C@@H]1c1ccc(OC)cc1. The number of esters is 1. The summed E-state index contributed by atoms with van der Waals surface area (Å²) in [6.07, 6.45) is 5.17. The Labute approximate surface area is 210 Å². The van der Waals surface area contributed by atoms with E-state index in [0.717, 1.165) is 24.0 Å². The molecule has 1 atom stereocenters. The van der Waals surface area contributed by atoms with Crippen LogP contribution in [0, 0.1) is 0 Å². The molecule has 8 heteroatoms. The van der Waals surface area contributed by atoms with Gasteiger partial charge in [-0.3, -0.25) is 4.90 Å². The zero-order chi connectivity index (χ0) is 25.1. The number of aromatic nitrogens is 1. The highest BCUT2D eigenvalue weighted by atomic mass is 16.5. The van der Waals surface area contributed by atoms with Gasteiger partial charge in [0.15, 0.2) is 0 Å². The predicted molar refractivity (Wildman–Crippen MR) is 138 cm³/mol. The number of hydrogen-bond acceptors (Lipinski definition) is 5. The molecule has 0 radical (unpaired) electrons. The second-order valence-electron chi connectivity index (χ2n) is 8.88. The van der Waals surface area contributed by atoms with Crippen molar-refractivity contribution < 1.29 is 19.1 Å². The number of methoxy groups -OCH3 is 1. The average molecular weight is 487 g/mol. The molecule has 2 aromatic carbocycles. The fraction of sp³-hybridized carbons (Fsp3) is 0.286. The summed E-state index contributed by atoms with van der Waals surface area (Å²) >= 11 is 0. The Hall–Kier alpha value is -4.04. The van der Waals surface area contributed by atoms with Gasteiger partial charge in [-0.25, -0.2) is 9.59 Å². The second-order valence-corrected chi connectivity index (χ2v) is 8.88. The van der Waals surface area contributed by atoms with Crippen molar-refractivity contribution in [2.75, 3.05) is 33.4 Å². The van der Waals surface area contributed by atoms with E-state index in [1.54, 1.807) is 14.0 Å². The van der Waals surface area contributed by atoms with Gasteiger partial charge in [-0.1, -0.05) is 36.4 Å². The quantitative estimate of drug-likeness (QED) is 0.437. The summed E-state index contributed by atoms with van der Waals surface area (Å²) < 4.78 is 10.6. The number of hydrogen-bond donors (Lipinski definition) is 3. The number of benzene rings is 2. The van der Waals surface area contributed by atoms with Crippen molar-refractivity contribution in [3.05, 3.63) is 83.2 Å². The zero-order valence-corrected chi connectivity index (χ0v) is 20.5. The molecule has 0 aliphatic carbocycles. The van der Waals surface area contributed by atoms with Crippen molar-refractivity contribution in [3.8, 4) is 5.75 Å². The van der Waals surface area contributed by atoms with Crippen molar-refractivity contribution >= 4 is 28.5 Å². The number of nitrogens with one attached hydrogen (secondary N) is 3. The molecule has 0 saturated carbocycles. The summed E-state index contributed by atoms with van der Waals surface area (Å²) in [6.45, 7) is 3.98. The van der Waals surface area contributed by atoms with Crippen LogP contribution in [0.5, 0.6) is 5.75 Å². The molecule has 8 nitrogen and oxygen atoms in total. The summed E-state index contributed by atoms with van der Waals surface area (Å²) in [5.74, 6) is 0.264. The van der Waals surface area contributed by atoms with Gasteiger partial charge in [0.05, 0.1) is 25.3 Å². The first kappa shape index (κ1) is 23.7. The standard InChI is InChI=1S/C28H30N4O4/c1-3-36-27(33)25-24(30-28(34)31-26(25)19-8-10-20(35-2)11-9-19)17-32-14-12-18(13-15-32)22-16-29-23-7-5-4-6-21(22)23/h4-12,16,26,29H,3,13-15,17H2,1-2H3,(H2,30,31,34)/t26-/m1/s1. The van der Waals surface area contributed by atoms with Crippen LogP contribution in [-0.4, -0.2) is 55.2 Å². The lowest BCUT2D eigenvalue weighted by molar-refractivity contribution is -0.139. The van der Waals surface area contributed by atoms with Crippen LogP contribution in [0.4, 0.5) is 4.79 Å². The Morgan fingerprint density at radius 1 is 1.14 bits per heavy atom. The maximum Gasteiger partial charge on any atom is 0.338 e. The van der Waals surface area contributed by atoms with E-state index in [1.807, 2.05) is 30.3 Å². The molecule has 3 N–H and O–H groups in total. The first-order chi connectivity index (χ1) is 17.6. The van der Waals surface area contributed by atoms with Crippen molar-refractivity contribution in [3.63, 3.8) is 0 Å². The van der Waals surface area contributed by atoms with Crippen LogP contribution in [0.2, 0.25) is 0 Å². The normalized spacial score (nSPS) is 18.4. The second kappa shape index (κ2) is 10.3. The lowest BCUT2D eigenvalue weighted by Crippen LogP contribution is -2.48. The molecule has 0 saturated heterocycles. The fourth-order valence-corrected chi connectivity index (χ4v) is 4.90. The molecule has 3 heterocycles. The molecule has 2 aliphatic heterocycles. The van der Waals surface area contributed by atoms with E-state index in [9.17, 15) is 9.59 Å². The number of fused-ring (bicyclic) bond motifs is 1. The van der Waals surface area contributed by atoms with Crippen LogP contribution < -0.4 is 15.4 Å².